The van der Waals surface area contributed by atoms with E-state index in [0.29, 0.717) is 5.92 Å². The average molecular weight is 248 g/mol. The molecule has 5 nitrogen and oxygen atoms in total. The summed E-state index contributed by atoms with van der Waals surface area (Å²) in [6.45, 7) is 5.70. The summed E-state index contributed by atoms with van der Waals surface area (Å²) in [4.78, 5) is 21.0. The minimum absolute atomic E-state index is 0.0394. The Morgan fingerprint density at radius 3 is 2.72 bits per heavy atom. The maximum absolute atomic E-state index is 11.6. The van der Waals surface area contributed by atoms with E-state index in [9.17, 15) is 4.79 Å². The second-order valence-corrected chi connectivity index (χ2v) is 6.01. The molecule has 3 N–H and O–H groups in total. The molecule has 0 unspecified atom stereocenters. The summed E-state index contributed by atoms with van der Waals surface area (Å²) >= 11 is 0. The van der Waals surface area contributed by atoms with Gasteiger partial charge in [-0.25, -0.2) is 4.98 Å². The van der Waals surface area contributed by atoms with E-state index in [1.165, 1.54) is 12.8 Å². The summed E-state index contributed by atoms with van der Waals surface area (Å²) in [5.41, 5.74) is 6.20. The van der Waals surface area contributed by atoms with E-state index in [4.69, 9.17) is 5.73 Å². The molecule has 98 valence electrons. The van der Waals surface area contributed by atoms with E-state index in [1.807, 2.05) is 13.8 Å². The highest BCUT2D eigenvalue weighted by Crippen LogP contribution is 2.43. The highest BCUT2D eigenvalue weighted by atomic mass is 16.1. The summed E-state index contributed by atoms with van der Waals surface area (Å²) < 4.78 is 0. The third kappa shape index (κ3) is 1.92. The van der Waals surface area contributed by atoms with Gasteiger partial charge in [0.25, 0.3) is 5.56 Å². The van der Waals surface area contributed by atoms with Crippen molar-refractivity contribution in [3.63, 3.8) is 0 Å². The van der Waals surface area contributed by atoms with Crippen LogP contribution in [0.15, 0.2) is 10.9 Å². The Kier molecular flexibility index (Phi) is 2.48. The Morgan fingerprint density at radius 1 is 1.50 bits per heavy atom. The largest absolute Gasteiger partial charge is 0.353 e. The number of H-pyrrole nitrogens is 1. The number of anilines is 1. The highest BCUT2D eigenvalue weighted by Gasteiger charge is 2.50. The second-order valence-electron chi connectivity index (χ2n) is 6.01. The minimum atomic E-state index is -0.0790. The van der Waals surface area contributed by atoms with Crippen LogP contribution in [0.25, 0.3) is 0 Å². The van der Waals surface area contributed by atoms with Crippen LogP contribution in [0.4, 0.5) is 5.82 Å². The van der Waals surface area contributed by atoms with Crippen molar-refractivity contribution in [1.29, 1.82) is 0 Å². The molecule has 0 spiro atoms. The zero-order valence-corrected chi connectivity index (χ0v) is 10.9. The Morgan fingerprint density at radius 2 is 2.17 bits per heavy atom. The quantitative estimate of drug-likeness (QED) is 0.830. The third-order valence-corrected chi connectivity index (χ3v) is 3.98. The highest BCUT2D eigenvalue weighted by molar-refractivity contribution is 5.45. The van der Waals surface area contributed by atoms with Gasteiger partial charge in [-0.05, 0) is 18.8 Å². The number of rotatable bonds is 3. The molecule has 0 bridgehead atoms. The molecule has 1 aromatic rings. The van der Waals surface area contributed by atoms with Gasteiger partial charge in [0.15, 0.2) is 0 Å². The van der Waals surface area contributed by atoms with Gasteiger partial charge in [0.05, 0.1) is 5.54 Å². The number of aromatic nitrogens is 2. The molecular weight excluding hydrogens is 228 g/mol. The van der Waals surface area contributed by atoms with E-state index >= 15 is 0 Å². The van der Waals surface area contributed by atoms with Crippen molar-refractivity contribution in [2.75, 3.05) is 18.0 Å². The molecule has 2 heterocycles. The fraction of sp³-hybridized carbons (Fsp3) is 0.692. The molecule has 3 rings (SSSR count). The first kappa shape index (κ1) is 11.7. The van der Waals surface area contributed by atoms with Crippen molar-refractivity contribution in [3.8, 4) is 0 Å². The lowest BCUT2D eigenvalue weighted by Gasteiger charge is -2.49. The van der Waals surface area contributed by atoms with Gasteiger partial charge in [-0.1, -0.05) is 13.8 Å². The van der Waals surface area contributed by atoms with Gasteiger partial charge in [0.2, 0.25) is 0 Å². The van der Waals surface area contributed by atoms with Gasteiger partial charge in [0.1, 0.15) is 11.6 Å². The summed E-state index contributed by atoms with van der Waals surface area (Å²) in [5.74, 6) is 2.42. The van der Waals surface area contributed by atoms with Gasteiger partial charge in [-0.15, -0.1) is 0 Å². The van der Waals surface area contributed by atoms with Crippen molar-refractivity contribution in [2.45, 2.75) is 38.1 Å². The zero-order chi connectivity index (χ0) is 12.9. The molecule has 2 aliphatic rings. The molecular formula is C13H20N4O. The first-order valence-corrected chi connectivity index (χ1v) is 6.63. The van der Waals surface area contributed by atoms with Crippen molar-refractivity contribution in [1.82, 2.24) is 9.97 Å². The number of nitrogens with two attached hydrogens (primary N) is 1. The molecule has 1 aliphatic carbocycles. The lowest BCUT2D eigenvalue weighted by molar-refractivity contribution is 0.289. The lowest BCUT2D eigenvalue weighted by atomic mass is 9.86. The Hall–Kier alpha value is -1.36. The summed E-state index contributed by atoms with van der Waals surface area (Å²) in [6, 6.07) is 1.57. The van der Waals surface area contributed by atoms with E-state index in [2.05, 4.69) is 14.9 Å². The number of hydrogen-bond acceptors (Lipinski definition) is 4. The van der Waals surface area contributed by atoms with Crippen LogP contribution in [0.2, 0.25) is 0 Å². The fourth-order valence-corrected chi connectivity index (χ4v) is 2.64. The van der Waals surface area contributed by atoms with Crippen LogP contribution in [0.5, 0.6) is 0 Å². The van der Waals surface area contributed by atoms with Gasteiger partial charge >= 0.3 is 0 Å². The fourth-order valence-electron chi connectivity index (χ4n) is 2.64. The van der Waals surface area contributed by atoms with Crippen molar-refractivity contribution in [3.05, 3.63) is 22.2 Å². The predicted octanol–water partition coefficient (Wildman–Crippen LogP) is 0.821. The van der Waals surface area contributed by atoms with E-state index in [-0.39, 0.29) is 17.0 Å². The SMILES string of the molecule is CC(C)c1nc(N2CC(N)(C3CC3)C2)cc(=O)[nH]1. The molecule has 1 aliphatic heterocycles. The summed E-state index contributed by atoms with van der Waals surface area (Å²) in [6.07, 6.45) is 2.51. The topological polar surface area (TPSA) is 75.0 Å². The van der Waals surface area contributed by atoms with Crippen LogP contribution in [0.3, 0.4) is 0 Å². The maximum atomic E-state index is 11.6. The van der Waals surface area contributed by atoms with Crippen molar-refractivity contribution < 1.29 is 0 Å². The number of hydrogen-bond donors (Lipinski definition) is 2. The van der Waals surface area contributed by atoms with Gasteiger partial charge < -0.3 is 15.6 Å². The lowest BCUT2D eigenvalue weighted by Crippen LogP contribution is -2.69. The van der Waals surface area contributed by atoms with Gasteiger partial charge in [0, 0.05) is 25.1 Å². The van der Waals surface area contributed by atoms with Crippen molar-refractivity contribution >= 4 is 5.82 Å². The van der Waals surface area contributed by atoms with Crippen LogP contribution in [0, 0.1) is 5.92 Å². The molecule has 0 amide bonds. The molecule has 1 saturated heterocycles. The average Bonchev–Trinajstić information content (AvgIpc) is 3.07. The van der Waals surface area contributed by atoms with Gasteiger partial charge in [-0.2, -0.15) is 0 Å². The summed E-state index contributed by atoms with van der Waals surface area (Å²) in [5, 5.41) is 0. The van der Waals surface area contributed by atoms with Crippen LogP contribution in [-0.4, -0.2) is 28.6 Å². The number of nitrogens with zero attached hydrogens (tertiary/aromatic N) is 2. The molecule has 0 atom stereocenters. The first-order valence-electron chi connectivity index (χ1n) is 6.63. The van der Waals surface area contributed by atoms with Crippen LogP contribution in [-0.2, 0) is 0 Å². The monoisotopic (exact) mass is 248 g/mol. The van der Waals surface area contributed by atoms with E-state index in [0.717, 1.165) is 24.7 Å². The molecule has 5 heteroatoms. The van der Waals surface area contributed by atoms with Crippen molar-refractivity contribution in [2.24, 2.45) is 11.7 Å². The summed E-state index contributed by atoms with van der Waals surface area (Å²) in [7, 11) is 0. The van der Waals surface area contributed by atoms with Crippen LogP contribution in [0.1, 0.15) is 38.4 Å². The second kappa shape index (κ2) is 3.82. The molecule has 1 aromatic heterocycles. The first-order chi connectivity index (χ1) is 8.48. The Balaban J connectivity index is 1.79. The Labute approximate surface area is 106 Å². The molecule has 18 heavy (non-hydrogen) atoms. The standard InChI is InChI=1S/C13H20N4O/c1-8(2)12-15-10(5-11(18)16-12)17-6-13(14,7-17)9-3-4-9/h5,8-9H,3-4,6-7,14H2,1-2H3,(H,15,16,18). The predicted molar refractivity (Wildman–Crippen MR) is 70.8 cm³/mol. The number of nitrogens with one attached hydrogen (secondary N) is 1. The van der Waals surface area contributed by atoms with E-state index < -0.39 is 0 Å². The maximum Gasteiger partial charge on any atom is 0.252 e. The minimum Gasteiger partial charge on any atom is -0.353 e. The molecule has 0 radical (unpaired) electrons. The third-order valence-electron chi connectivity index (χ3n) is 3.98. The Bertz CT molecular complexity index is 512. The smallest absolute Gasteiger partial charge is 0.252 e. The zero-order valence-electron chi connectivity index (χ0n) is 10.9. The normalized spacial score (nSPS) is 22.1. The van der Waals surface area contributed by atoms with Crippen LogP contribution >= 0.6 is 0 Å². The van der Waals surface area contributed by atoms with Crippen LogP contribution < -0.4 is 16.2 Å². The molecule has 0 aromatic carbocycles. The van der Waals surface area contributed by atoms with Gasteiger partial charge in [-0.3, -0.25) is 4.79 Å². The number of aromatic amines is 1. The van der Waals surface area contributed by atoms with E-state index in [1.54, 1.807) is 6.07 Å². The molecule has 1 saturated carbocycles. The molecule has 2 fully saturated rings.